The van der Waals surface area contributed by atoms with E-state index in [1.807, 2.05) is 13.8 Å². The van der Waals surface area contributed by atoms with Crippen LogP contribution < -0.4 is 10.2 Å². The average Bonchev–Trinajstić information content (AvgIpc) is 2.39. The Morgan fingerprint density at radius 3 is 2.74 bits per heavy atom. The van der Waals surface area contributed by atoms with Crippen LogP contribution >= 0.6 is 0 Å². The van der Waals surface area contributed by atoms with Gasteiger partial charge in [-0.15, -0.1) is 0 Å². The molecule has 0 aliphatic rings. The molecule has 2 aromatic heterocycles. The quantitative estimate of drug-likeness (QED) is 0.903. The zero-order chi connectivity index (χ0) is 14.0. The summed E-state index contributed by atoms with van der Waals surface area (Å²) in [4.78, 5) is 27.3. The fourth-order valence-electron chi connectivity index (χ4n) is 1.89. The highest BCUT2D eigenvalue weighted by atomic mass is 16.5. The van der Waals surface area contributed by atoms with Crippen LogP contribution in [0.4, 0.5) is 0 Å². The average molecular weight is 262 g/mol. The Hall–Kier alpha value is -2.37. The molecule has 0 aliphatic heterocycles. The first-order valence-electron chi connectivity index (χ1n) is 5.98. The minimum atomic E-state index is -1.25. The number of carboxylic acids is 1. The first-order chi connectivity index (χ1) is 9.08. The van der Waals surface area contributed by atoms with Crippen LogP contribution in [-0.2, 0) is 6.54 Å². The van der Waals surface area contributed by atoms with E-state index in [4.69, 9.17) is 9.84 Å². The van der Waals surface area contributed by atoms with Crippen LogP contribution in [0.5, 0.6) is 5.88 Å². The van der Waals surface area contributed by atoms with E-state index in [0.717, 1.165) is 0 Å². The molecule has 0 amide bonds. The van der Waals surface area contributed by atoms with Gasteiger partial charge < -0.3 is 14.4 Å². The summed E-state index contributed by atoms with van der Waals surface area (Å²) in [5.74, 6) is -0.935. The van der Waals surface area contributed by atoms with Crippen molar-refractivity contribution in [1.29, 1.82) is 0 Å². The summed E-state index contributed by atoms with van der Waals surface area (Å²) < 4.78 is 6.92. The molecule has 0 saturated heterocycles. The molecule has 0 atom stereocenters. The molecule has 0 bridgehead atoms. The van der Waals surface area contributed by atoms with Crippen LogP contribution in [-0.4, -0.2) is 27.2 Å². The van der Waals surface area contributed by atoms with Crippen molar-refractivity contribution in [2.45, 2.75) is 20.4 Å². The standard InChI is InChI=1S/C13H14N2O4/c1-3-15-7-8(13(17)18)12(16)11-9(15)5-6-10(14-11)19-4-2/h5-7H,3-4H2,1-2H3,(H,17,18). The fourth-order valence-corrected chi connectivity index (χ4v) is 1.89. The number of pyridine rings is 2. The van der Waals surface area contributed by atoms with Gasteiger partial charge in [0.2, 0.25) is 11.3 Å². The molecule has 6 heteroatoms. The second kappa shape index (κ2) is 5.09. The number of aromatic nitrogens is 2. The van der Waals surface area contributed by atoms with Crippen molar-refractivity contribution < 1.29 is 14.6 Å². The van der Waals surface area contributed by atoms with E-state index in [0.29, 0.717) is 24.5 Å². The van der Waals surface area contributed by atoms with Crippen molar-refractivity contribution in [1.82, 2.24) is 9.55 Å². The maximum atomic E-state index is 12.1. The van der Waals surface area contributed by atoms with E-state index in [9.17, 15) is 9.59 Å². The van der Waals surface area contributed by atoms with Crippen molar-refractivity contribution in [3.63, 3.8) is 0 Å². The summed E-state index contributed by atoms with van der Waals surface area (Å²) in [6, 6.07) is 3.38. The van der Waals surface area contributed by atoms with Crippen molar-refractivity contribution in [2.75, 3.05) is 6.61 Å². The van der Waals surface area contributed by atoms with Crippen molar-refractivity contribution >= 4 is 17.0 Å². The van der Waals surface area contributed by atoms with Crippen molar-refractivity contribution in [3.8, 4) is 5.88 Å². The van der Waals surface area contributed by atoms with Gasteiger partial charge in [-0.05, 0) is 19.9 Å². The number of hydrogen-bond donors (Lipinski definition) is 1. The normalized spacial score (nSPS) is 10.6. The van der Waals surface area contributed by atoms with Crippen LogP contribution in [0.1, 0.15) is 24.2 Å². The van der Waals surface area contributed by atoms with Crippen LogP contribution in [0.15, 0.2) is 23.1 Å². The second-order valence-corrected chi connectivity index (χ2v) is 3.91. The van der Waals surface area contributed by atoms with Gasteiger partial charge in [0.1, 0.15) is 11.1 Å². The molecule has 19 heavy (non-hydrogen) atoms. The van der Waals surface area contributed by atoms with Crippen molar-refractivity contribution in [3.05, 3.63) is 34.1 Å². The number of carboxylic acid groups (broad SMARTS) is 1. The molecule has 0 unspecified atom stereocenters. The van der Waals surface area contributed by atoms with E-state index >= 15 is 0 Å². The summed E-state index contributed by atoms with van der Waals surface area (Å²) in [5, 5.41) is 9.05. The molecule has 0 radical (unpaired) electrons. The first kappa shape index (κ1) is 13.1. The van der Waals surface area contributed by atoms with Crippen LogP contribution in [0, 0.1) is 0 Å². The smallest absolute Gasteiger partial charge is 0.341 e. The second-order valence-electron chi connectivity index (χ2n) is 3.91. The maximum absolute atomic E-state index is 12.1. The monoisotopic (exact) mass is 262 g/mol. The highest BCUT2D eigenvalue weighted by molar-refractivity contribution is 5.91. The van der Waals surface area contributed by atoms with E-state index in [2.05, 4.69) is 4.98 Å². The van der Waals surface area contributed by atoms with E-state index < -0.39 is 11.4 Å². The SMILES string of the molecule is CCOc1ccc2c(n1)c(=O)c(C(=O)O)cn2CC. The molecule has 2 aromatic rings. The molecular formula is C13H14N2O4. The molecule has 100 valence electrons. The maximum Gasteiger partial charge on any atom is 0.341 e. The number of carbonyl (C=O) groups is 1. The Bertz CT molecular complexity index is 691. The van der Waals surface area contributed by atoms with Gasteiger partial charge in [-0.25, -0.2) is 9.78 Å². The zero-order valence-corrected chi connectivity index (χ0v) is 10.7. The minimum absolute atomic E-state index is 0.118. The summed E-state index contributed by atoms with van der Waals surface area (Å²) >= 11 is 0. The van der Waals surface area contributed by atoms with Gasteiger partial charge in [-0.1, -0.05) is 0 Å². The van der Waals surface area contributed by atoms with Gasteiger partial charge in [0.25, 0.3) is 0 Å². The number of ether oxygens (including phenoxy) is 1. The fraction of sp³-hybridized carbons (Fsp3) is 0.308. The van der Waals surface area contributed by atoms with Gasteiger partial charge in [0.05, 0.1) is 12.1 Å². The van der Waals surface area contributed by atoms with E-state index in [1.54, 1.807) is 16.7 Å². The summed E-state index contributed by atoms with van der Waals surface area (Å²) in [6.45, 7) is 4.65. The van der Waals surface area contributed by atoms with Crippen molar-refractivity contribution in [2.24, 2.45) is 0 Å². The van der Waals surface area contributed by atoms with Crippen LogP contribution in [0.3, 0.4) is 0 Å². The minimum Gasteiger partial charge on any atom is -0.478 e. The lowest BCUT2D eigenvalue weighted by molar-refractivity contribution is 0.0695. The zero-order valence-electron chi connectivity index (χ0n) is 10.7. The summed E-state index contributed by atoms with van der Waals surface area (Å²) in [6.07, 6.45) is 1.34. The van der Waals surface area contributed by atoms with Gasteiger partial charge in [-0.2, -0.15) is 0 Å². The third kappa shape index (κ3) is 2.29. The molecular weight excluding hydrogens is 248 g/mol. The molecule has 0 spiro atoms. The van der Waals surface area contributed by atoms with Gasteiger partial charge >= 0.3 is 5.97 Å². The number of hydrogen-bond acceptors (Lipinski definition) is 4. The highest BCUT2D eigenvalue weighted by Gasteiger charge is 2.15. The lowest BCUT2D eigenvalue weighted by Crippen LogP contribution is -2.19. The topological polar surface area (TPSA) is 81.4 Å². The number of nitrogens with zero attached hydrogens (tertiary/aromatic N) is 2. The lowest BCUT2D eigenvalue weighted by atomic mass is 10.2. The molecule has 0 aliphatic carbocycles. The third-order valence-corrected chi connectivity index (χ3v) is 2.77. The molecule has 0 fully saturated rings. The largest absolute Gasteiger partial charge is 0.478 e. The predicted molar refractivity (Wildman–Crippen MR) is 69.8 cm³/mol. The Kier molecular flexibility index (Phi) is 3.50. The van der Waals surface area contributed by atoms with E-state index in [1.165, 1.54) is 6.20 Å². The molecule has 2 rings (SSSR count). The Morgan fingerprint density at radius 2 is 2.16 bits per heavy atom. The number of aromatic carboxylic acids is 1. The number of aryl methyl sites for hydroxylation is 1. The van der Waals surface area contributed by atoms with E-state index in [-0.39, 0.29) is 11.1 Å². The molecule has 0 saturated carbocycles. The Balaban J connectivity index is 2.80. The molecule has 1 N–H and O–H groups in total. The molecule has 6 nitrogen and oxygen atoms in total. The molecule has 2 heterocycles. The predicted octanol–water partition coefficient (Wildman–Crippen LogP) is 1.51. The number of rotatable bonds is 4. The molecule has 0 aromatic carbocycles. The van der Waals surface area contributed by atoms with Gasteiger partial charge in [-0.3, -0.25) is 4.79 Å². The summed E-state index contributed by atoms with van der Waals surface area (Å²) in [7, 11) is 0. The first-order valence-corrected chi connectivity index (χ1v) is 5.98. The Morgan fingerprint density at radius 1 is 1.42 bits per heavy atom. The van der Waals surface area contributed by atoms with Gasteiger partial charge in [0.15, 0.2) is 0 Å². The lowest BCUT2D eigenvalue weighted by Gasteiger charge is -2.10. The van der Waals surface area contributed by atoms with Crippen LogP contribution in [0.25, 0.3) is 11.0 Å². The summed E-state index contributed by atoms with van der Waals surface area (Å²) in [5.41, 5.74) is -0.155. The van der Waals surface area contributed by atoms with Crippen LogP contribution in [0.2, 0.25) is 0 Å². The van der Waals surface area contributed by atoms with Gasteiger partial charge in [0, 0.05) is 18.8 Å². The Labute approximate surface area is 109 Å². The number of fused-ring (bicyclic) bond motifs is 1. The third-order valence-electron chi connectivity index (χ3n) is 2.77. The highest BCUT2D eigenvalue weighted by Crippen LogP contribution is 2.15.